The number of nitrogens with one attached hydrogen (secondary N) is 1. The van der Waals surface area contributed by atoms with Gasteiger partial charge in [-0.05, 0) is 12.8 Å². The van der Waals surface area contributed by atoms with E-state index in [0.29, 0.717) is 12.8 Å². The molecule has 0 aliphatic heterocycles. The number of ketones is 1. The van der Waals surface area contributed by atoms with Crippen molar-refractivity contribution in [1.82, 2.24) is 5.32 Å². The van der Waals surface area contributed by atoms with Crippen molar-refractivity contribution >= 4 is 58.1 Å². The van der Waals surface area contributed by atoms with Gasteiger partial charge >= 0.3 is 0 Å². The third kappa shape index (κ3) is 4.47. The first-order valence-electron chi connectivity index (χ1n) is 5.31. The van der Waals surface area contributed by atoms with Crippen molar-refractivity contribution in [3.8, 4) is 0 Å². The molecule has 0 bridgehead atoms. The van der Waals surface area contributed by atoms with Gasteiger partial charge in [0.2, 0.25) is 9.70 Å². The molecule has 0 heterocycles. The van der Waals surface area contributed by atoms with Crippen molar-refractivity contribution in [1.29, 1.82) is 0 Å². The van der Waals surface area contributed by atoms with Gasteiger partial charge in [-0.15, -0.1) is 11.6 Å². The van der Waals surface area contributed by atoms with Crippen molar-refractivity contribution in [2.24, 2.45) is 5.92 Å². The predicted molar refractivity (Wildman–Crippen MR) is 69.9 cm³/mol. The van der Waals surface area contributed by atoms with Crippen molar-refractivity contribution in [3.05, 3.63) is 0 Å². The van der Waals surface area contributed by atoms with Gasteiger partial charge in [-0.2, -0.15) is 0 Å². The highest BCUT2D eigenvalue weighted by Crippen LogP contribution is 2.38. The van der Waals surface area contributed by atoms with E-state index in [9.17, 15) is 9.59 Å². The van der Waals surface area contributed by atoms with E-state index in [0.717, 1.165) is 12.8 Å². The fourth-order valence-electron chi connectivity index (χ4n) is 1.98. The first-order valence-corrected chi connectivity index (χ1v) is 6.98. The highest BCUT2D eigenvalue weighted by Gasteiger charge is 2.43. The second-order valence-electron chi connectivity index (χ2n) is 4.04. The molecule has 0 aromatic carbocycles. The maximum Gasteiger partial charge on any atom is 0.235 e. The van der Waals surface area contributed by atoms with Crippen LogP contribution in [-0.4, -0.2) is 27.4 Å². The normalized spacial score (nSPS) is 23.3. The van der Waals surface area contributed by atoms with E-state index in [2.05, 4.69) is 5.32 Å². The van der Waals surface area contributed by atoms with Gasteiger partial charge in [0.05, 0.1) is 6.04 Å². The van der Waals surface area contributed by atoms with Gasteiger partial charge in [0, 0.05) is 12.3 Å². The first kappa shape index (κ1) is 15.4. The smallest absolute Gasteiger partial charge is 0.235 e. The summed E-state index contributed by atoms with van der Waals surface area (Å²) in [6.45, 7) is 0. The molecule has 1 aliphatic carbocycles. The summed E-state index contributed by atoms with van der Waals surface area (Å²) in [4.78, 5) is 23.1. The van der Waals surface area contributed by atoms with Gasteiger partial charge in [-0.3, -0.25) is 9.59 Å². The number of hydrogen-bond donors (Lipinski definition) is 1. The molecule has 0 aromatic rings. The van der Waals surface area contributed by atoms with E-state index in [4.69, 9.17) is 46.4 Å². The van der Waals surface area contributed by atoms with Crippen LogP contribution in [0.15, 0.2) is 0 Å². The second-order valence-corrected chi connectivity index (χ2v) is 6.68. The van der Waals surface area contributed by atoms with E-state index >= 15 is 0 Å². The Labute approximate surface area is 120 Å². The maximum absolute atomic E-state index is 11.8. The van der Waals surface area contributed by atoms with Crippen molar-refractivity contribution < 1.29 is 9.59 Å². The molecule has 1 amide bonds. The molecule has 1 aliphatic rings. The fraction of sp³-hybridized carbons (Fsp3) is 0.800. The molecule has 0 spiro atoms. The van der Waals surface area contributed by atoms with E-state index in [-0.39, 0.29) is 11.7 Å². The predicted octanol–water partition coefficient (Wildman–Crippen LogP) is 2.84. The Hall–Kier alpha value is 0.300. The summed E-state index contributed by atoms with van der Waals surface area (Å²) in [5, 5.41) is 2.52. The Bertz CT molecular complexity index is 303. The highest BCUT2D eigenvalue weighted by atomic mass is 35.6. The van der Waals surface area contributed by atoms with Gasteiger partial charge in [0.15, 0.2) is 0 Å². The fourth-order valence-corrected chi connectivity index (χ4v) is 2.68. The second kappa shape index (κ2) is 6.46. The van der Waals surface area contributed by atoms with Gasteiger partial charge in [0.25, 0.3) is 0 Å². The summed E-state index contributed by atoms with van der Waals surface area (Å²) in [6.07, 6.45) is 2.84. The Kier molecular flexibility index (Phi) is 5.84. The van der Waals surface area contributed by atoms with Gasteiger partial charge in [-0.25, -0.2) is 0 Å². The highest BCUT2D eigenvalue weighted by molar-refractivity contribution is 6.68. The summed E-state index contributed by atoms with van der Waals surface area (Å²) in [5.41, 5.74) is 0. The van der Waals surface area contributed by atoms with Crippen molar-refractivity contribution in [2.45, 2.75) is 35.5 Å². The van der Waals surface area contributed by atoms with Crippen LogP contribution in [-0.2, 0) is 9.59 Å². The Morgan fingerprint density at radius 3 is 2.53 bits per heavy atom. The first-order chi connectivity index (χ1) is 7.86. The van der Waals surface area contributed by atoms with E-state index in [1.165, 1.54) is 0 Å². The average molecular weight is 321 g/mol. The molecular formula is C10H13Cl4NO2. The number of carbonyl (C=O) groups excluding carboxylic acids is 2. The van der Waals surface area contributed by atoms with Gasteiger partial charge in [-0.1, -0.05) is 41.2 Å². The number of hydrogen-bond acceptors (Lipinski definition) is 2. The molecule has 1 saturated carbocycles. The molecule has 0 aromatic heterocycles. The number of Topliss-reactive ketones (excluding diaryl/α,β-unsaturated/α-hetero) is 1. The molecule has 98 valence electrons. The molecule has 0 saturated heterocycles. The van der Waals surface area contributed by atoms with Crippen LogP contribution in [0.1, 0.15) is 25.7 Å². The minimum Gasteiger partial charge on any atom is -0.347 e. The lowest BCUT2D eigenvalue weighted by atomic mass is 9.83. The third-order valence-electron chi connectivity index (χ3n) is 2.79. The third-order valence-corrected chi connectivity index (χ3v) is 3.74. The zero-order valence-electron chi connectivity index (χ0n) is 9.02. The van der Waals surface area contributed by atoms with E-state index < -0.39 is 21.7 Å². The topological polar surface area (TPSA) is 46.2 Å². The molecule has 17 heavy (non-hydrogen) atoms. The molecular weight excluding hydrogens is 308 g/mol. The summed E-state index contributed by atoms with van der Waals surface area (Å²) in [7, 11) is 0. The van der Waals surface area contributed by atoms with Crippen LogP contribution >= 0.6 is 46.4 Å². The summed E-state index contributed by atoms with van der Waals surface area (Å²) >= 11 is 22.9. The van der Waals surface area contributed by atoms with E-state index in [1.807, 2.05) is 0 Å². The Balaban J connectivity index is 2.81. The average Bonchev–Trinajstić information content (AvgIpc) is 2.25. The quantitative estimate of drug-likeness (QED) is 0.813. The van der Waals surface area contributed by atoms with Crippen LogP contribution in [0.3, 0.4) is 0 Å². The lowest BCUT2D eigenvalue weighted by Gasteiger charge is -2.34. The molecule has 1 N–H and O–H groups in total. The summed E-state index contributed by atoms with van der Waals surface area (Å²) in [6, 6.07) is -0.813. The molecule has 1 fully saturated rings. The number of alkyl halides is 4. The SMILES string of the molecule is O=C(CCl)N[C@H]([C@H]1CCCCC1=O)C(Cl)(Cl)Cl. The van der Waals surface area contributed by atoms with Crippen molar-refractivity contribution in [2.75, 3.05) is 5.88 Å². The van der Waals surface area contributed by atoms with Gasteiger partial charge < -0.3 is 5.32 Å². The zero-order chi connectivity index (χ0) is 13.1. The summed E-state index contributed by atoms with van der Waals surface area (Å²) < 4.78 is -1.71. The van der Waals surface area contributed by atoms with E-state index in [1.54, 1.807) is 0 Å². The van der Waals surface area contributed by atoms with Gasteiger partial charge in [0.1, 0.15) is 11.7 Å². The number of amides is 1. The largest absolute Gasteiger partial charge is 0.347 e. The van der Waals surface area contributed by atoms with Crippen LogP contribution in [0.25, 0.3) is 0 Å². The molecule has 0 radical (unpaired) electrons. The van der Waals surface area contributed by atoms with Crippen LogP contribution in [0, 0.1) is 5.92 Å². The molecule has 0 unspecified atom stereocenters. The number of halogens is 4. The monoisotopic (exact) mass is 319 g/mol. The molecule has 2 atom stereocenters. The molecule has 7 heteroatoms. The lowest BCUT2D eigenvalue weighted by Crippen LogP contribution is -2.52. The van der Waals surface area contributed by atoms with Crippen LogP contribution < -0.4 is 5.32 Å². The molecule has 3 nitrogen and oxygen atoms in total. The zero-order valence-corrected chi connectivity index (χ0v) is 12.0. The minimum atomic E-state index is -1.71. The van der Waals surface area contributed by atoms with Crippen LogP contribution in [0.5, 0.6) is 0 Å². The van der Waals surface area contributed by atoms with Crippen LogP contribution in [0.2, 0.25) is 0 Å². The standard InChI is InChI=1S/C10H13Cl4NO2/c11-5-8(17)15-9(10(12,13)14)6-3-1-2-4-7(6)16/h6,9H,1-5H2,(H,15,17)/t6-,9+/m0/s1. The Morgan fingerprint density at radius 2 is 2.06 bits per heavy atom. The number of carbonyl (C=O) groups is 2. The molecule has 1 rings (SSSR count). The Morgan fingerprint density at radius 1 is 1.41 bits per heavy atom. The summed E-state index contributed by atoms with van der Waals surface area (Å²) in [5.74, 6) is -1.08. The maximum atomic E-state index is 11.8. The van der Waals surface area contributed by atoms with Crippen LogP contribution in [0.4, 0.5) is 0 Å². The number of rotatable bonds is 3. The minimum absolute atomic E-state index is 0.0300. The van der Waals surface area contributed by atoms with Crippen molar-refractivity contribution in [3.63, 3.8) is 0 Å². The lowest BCUT2D eigenvalue weighted by molar-refractivity contribution is -0.126.